The van der Waals surface area contributed by atoms with Gasteiger partial charge in [0.15, 0.2) is 11.6 Å². The molecule has 1 rings (SSSR count). The first kappa shape index (κ1) is 15.1. The van der Waals surface area contributed by atoms with Crippen molar-refractivity contribution in [2.24, 2.45) is 0 Å². The van der Waals surface area contributed by atoms with Crippen molar-refractivity contribution in [1.29, 1.82) is 0 Å². The number of rotatable bonds is 8. The third kappa shape index (κ3) is 4.70. The summed E-state index contributed by atoms with van der Waals surface area (Å²) in [5.41, 5.74) is 0.435. The van der Waals surface area contributed by atoms with Gasteiger partial charge in [-0.2, -0.15) is 0 Å². The third-order valence-corrected chi connectivity index (χ3v) is 3.10. The first-order chi connectivity index (χ1) is 8.69. The minimum absolute atomic E-state index is 0.435. The van der Waals surface area contributed by atoms with Crippen molar-refractivity contribution in [2.75, 3.05) is 32.7 Å². The molecular weight excluding hydrogens is 234 g/mol. The fourth-order valence-electron chi connectivity index (χ4n) is 1.87. The molecule has 0 bridgehead atoms. The highest BCUT2D eigenvalue weighted by atomic mass is 19.2. The van der Waals surface area contributed by atoms with Gasteiger partial charge in [-0.25, -0.2) is 8.78 Å². The van der Waals surface area contributed by atoms with Gasteiger partial charge < -0.3 is 10.2 Å². The molecule has 1 aromatic carbocycles. The van der Waals surface area contributed by atoms with E-state index in [1.165, 1.54) is 0 Å². The summed E-state index contributed by atoms with van der Waals surface area (Å²) in [4.78, 5) is 2.32. The normalized spacial score (nSPS) is 11.2. The van der Waals surface area contributed by atoms with Gasteiger partial charge in [0.05, 0.1) is 0 Å². The SMILES string of the molecule is CCN(CC)CCNCCc1cccc(F)c1F. The summed E-state index contributed by atoms with van der Waals surface area (Å²) < 4.78 is 26.3. The van der Waals surface area contributed by atoms with Crippen LogP contribution in [0.1, 0.15) is 19.4 Å². The average molecular weight is 256 g/mol. The lowest BCUT2D eigenvalue weighted by atomic mass is 10.1. The van der Waals surface area contributed by atoms with Gasteiger partial charge in [-0.1, -0.05) is 26.0 Å². The van der Waals surface area contributed by atoms with Crippen LogP contribution in [0.2, 0.25) is 0 Å². The molecule has 0 heterocycles. The molecule has 0 aliphatic heterocycles. The summed E-state index contributed by atoms with van der Waals surface area (Å²) in [6, 6.07) is 4.32. The first-order valence-electron chi connectivity index (χ1n) is 6.55. The van der Waals surface area contributed by atoms with E-state index in [9.17, 15) is 8.78 Å². The van der Waals surface area contributed by atoms with Crippen LogP contribution < -0.4 is 5.32 Å². The van der Waals surface area contributed by atoms with Crippen molar-refractivity contribution < 1.29 is 8.78 Å². The highest BCUT2D eigenvalue weighted by molar-refractivity contribution is 5.19. The highest BCUT2D eigenvalue weighted by Gasteiger charge is 2.06. The molecule has 0 aliphatic carbocycles. The summed E-state index contributed by atoms with van der Waals surface area (Å²) in [5, 5.41) is 3.25. The van der Waals surface area contributed by atoms with E-state index in [0.717, 1.165) is 32.2 Å². The molecule has 0 saturated carbocycles. The van der Waals surface area contributed by atoms with Crippen LogP contribution in [0.15, 0.2) is 18.2 Å². The maximum absolute atomic E-state index is 13.3. The van der Waals surface area contributed by atoms with Gasteiger partial charge in [0.25, 0.3) is 0 Å². The quantitative estimate of drug-likeness (QED) is 0.719. The number of nitrogens with one attached hydrogen (secondary N) is 1. The van der Waals surface area contributed by atoms with Crippen molar-refractivity contribution >= 4 is 0 Å². The molecule has 0 atom stereocenters. The Morgan fingerprint density at radius 1 is 1.11 bits per heavy atom. The highest BCUT2D eigenvalue weighted by Crippen LogP contribution is 2.11. The monoisotopic (exact) mass is 256 g/mol. The molecule has 0 saturated heterocycles. The molecule has 1 N–H and O–H groups in total. The maximum Gasteiger partial charge on any atom is 0.162 e. The van der Waals surface area contributed by atoms with E-state index >= 15 is 0 Å². The van der Waals surface area contributed by atoms with Gasteiger partial charge in [0.2, 0.25) is 0 Å². The lowest BCUT2D eigenvalue weighted by Gasteiger charge is -2.18. The van der Waals surface area contributed by atoms with Crippen LogP contribution in [0.25, 0.3) is 0 Å². The molecule has 0 amide bonds. The predicted octanol–water partition coefficient (Wildman–Crippen LogP) is 2.44. The Morgan fingerprint density at radius 2 is 1.83 bits per heavy atom. The summed E-state index contributed by atoms with van der Waals surface area (Å²) in [6.45, 7) is 8.86. The van der Waals surface area contributed by atoms with E-state index in [4.69, 9.17) is 0 Å². The molecule has 0 radical (unpaired) electrons. The molecule has 0 aromatic heterocycles. The van der Waals surface area contributed by atoms with Gasteiger partial charge in [-0.3, -0.25) is 0 Å². The van der Waals surface area contributed by atoms with E-state index in [2.05, 4.69) is 24.1 Å². The number of benzene rings is 1. The fraction of sp³-hybridized carbons (Fsp3) is 0.571. The topological polar surface area (TPSA) is 15.3 Å². The van der Waals surface area contributed by atoms with E-state index in [1.807, 2.05) is 0 Å². The van der Waals surface area contributed by atoms with Crippen molar-refractivity contribution in [3.63, 3.8) is 0 Å². The summed E-state index contributed by atoms with van der Waals surface area (Å²) in [6.07, 6.45) is 0.516. The van der Waals surface area contributed by atoms with Crippen LogP contribution in [0.4, 0.5) is 8.78 Å². The zero-order chi connectivity index (χ0) is 13.4. The summed E-state index contributed by atoms with van der Waals surface area (Å²) in [5.74, 6) is -1.49. The minimum Gasteiger partial charge on any atom is -0.315 e. The standard InChI is InChI=1S/C14H22F2N2/c1-3-18(4-2)11-10-17-9-8-12-6-5-7-13(15)14(12)16/h5-7,17H,3-4,8-11H2,1-2H3. The number of hydrogen-bond donors (Lipinski definition) is 1. The lowest BCUT2D eigenvalue weighted by Crippen LogP contribution is -2.32. The molecule has 4 heteroatoms. The molecule has 0 unspecified atom stereocenters. The van der Waals surface area contributed by atoms with Crippen LogP contribution in [-0.4, -0.2) is 37.6 Å². The third-order valence-electron chi connectivity index (χ3n) is 3.10. The van der Waals surface area contributed by atoms with Gasteiger partial charge in [0.1, 0.15) is 0 Å². The maximum atomic E-state index is 13.3. The van der Waals surface area contributed by atoms with Crippen LogP contribution in [-0.2, 0) is 6.42 Å². The van der Waals surface area contributed by atoms with Crippen molar-refractivity contribution in [1.82, 2.24) is 10.2 Å². The smallest absolute Gasteiger partial charge is 0.162 e. The van der Waals surface area contributed by atoms with E-state index in [1.54, 1.807) is 12.1 Å². The summed E-state index contributed by atoms with van der Waals surface area (Å²) >= 11 is 0. The Hall–Kier alpha value is -1.00. The van der Waals surface area contributed by atoms with E-state index < -0.39 is 11.6 Å². The Bertz CT molecular complexity index is 352. The number of nitrogens with zero attached hydrogens (tertiary/aromatic N) is 1. The van der Waals surface area contributed by atoms with Crippen molar-refractivity contribution in [3.8, 4) is 0 Å². The number of hydrogen-bond acceptors (Lipinski definition) is 2. The van der Waals surface area contributed by atoms with Gasteiger partial charge >= 0.3 is 0 Å². The molecule has 0 fully saturated rings. The van der Waals surface area contributed by atoms with E-state index in [0.29, 0.717) is 18.5 Å². The van der Waals surface area contributed by atoms with Crippen LogP contribution >= 0.6 is 0 Å². The van der Waals surface area contributed by atoms with Gasteiger partial charge in [-0.05, 0) is 37.7 Å². The predicted molar refractivity (Wildman–Crippen MR) is 70.7 cm³/mol. The molecule has 1 aromatic rings. The zero-order valence-corrected chi connectivity index (χ0v) is 11.2. The second kappa shape index (κ2) is 8.16. The Balaban J connectivity index is 2.24. The first-order valence-corrected chi connectivity index (χ1v) is 6.55. The second-order valence-electron chi connectivity index (χ2n) is 4.24. The van der Waals surface area contributed by atoms with E-state index in [-0.39, 0.29) is 0 Å². The van der Waals surface area contributed by atoms with Gasteiger partial charge in [-0.15, -0.1) is 0 Å². The van der Waals surface area contributed by atoms with Crippen LogP contribution in [0.3, 0.4) is 0 Å². The fourth-order valence-corrected chi connectivity index (χ4v) is 1.87. The van der Waals surface area contributed by atoms with Crippen LogP contribution in [0.5, 0.6) is 0 Å². The summed E-state index contributed by atoms with van der Waals surface area (Å²) in [7, 11) is 0. The molecule has 0 aliphatic rings. The number of likely N-dealkylation sites (N-methyl/N-ethyl adjacent to an activating group) is 1. The second-order valence-corrected chi connectivity index (χ2v) is 4.24. The lowest BCUT2D eigenvalue weighted by molar-refractivity contribution is 0.303. The molecule has 0 spiro atoms. The number of halogens is 2. The molecule has 2 nitrogen and oxygen atoms in total. The largest absolute Gasteiger partial charge is 0.315 e. The van der Waals surface area contributed by atoms with Crippen molar-refractivity contribution in [2.45, 2.75) is 20.3 Å². The van der Waals surface area contributed by atoms with Gasteiger partial charge in [0, 0.05) is 13.1 Å². The Labute approximate surface area is 108 Å². The zero-order valence-electron chi connectivity index (χ0n) is 11.2. The van der Waals surface area contributed by atoms with Crippen LogP contribution in [0, 0.1) is 11.6 Å². The Morgan fingerprint density at radius 3 is 2.50 bits per heavy atom. The molecule has 102 valence electrons. The Kier molecular flexibility index (Phi) is 6.83. The molecule has 18 heavy (non-hydrogen) atoms. The average Bonchev–Trinajstić information content (AvgIpc) is 2.38. The molecular formula is C14H22F2N2. The van der Waals surface area contributed by atoms with Crippen molar-refractivity contribution in [3.05, 3.63) is 35.4 Å². The minimum atomic E-state index is -0.768.